The molecular formula is C14H20N2O4. The third-order valence-electron chi connectivity index (χ3n) is 3.65. The monoisotopic (exact) mass is 280 g/mol. The average Bonchev–Trinajstić information content (AvgIpc) is 3.27. The average molecular weight is 280 g/mol. The molecule has 6 nitrogen and oxygen atoms in total. The van der Waals surface area contributed by atoms with Crippen LogP contribution in [-0.4, -0.2) is 33.8 Å². The highest BCUT2D eigenvalue weighted by molar-refractivity contribution is 5.97. The second kappa shape index (κ2) is 5.58. The van der Waals surface area contributed by atoms with Gasteiger partial charge in [0.1, 0.15) is 0 Å². The maximum Gasteiger partial charge on any atom is 0.231 e. The number of ether oxygens (including phenoxy) is 3. The van der Waals surface area contributed by atoms with E-state index in [1.54, 1.807) is 12.1 Å². The summed E-state index contributed by atoms with van der Waals surface area (Å²) in [7, 11) is 4.60. The van der Waals surface area contributed by atoms with Crippen LogP contribution >= 0.6 is 0 Å². The summed E-state index contributed by atoms with van der Waals surface area (Å²) >= 11 is 0. The number of methoxy groups -OCH3 is 3. The van der Waals surface area contributed by atoms with E-state index in [0.717, 1.165) is 12.8 Å². The smallest absolute Gasteiger partial charge is 0.231 e. The van der Waals surface area contributed by atoms with Gasteiger partial charge in [-0.25, -0.2) is 0 Å². The van der Waals surface area contributed by atoms with Crippen molar-refractivity contribution >= 4 is 11.6 Å². The first-order valence-corrected chi connectivity index (χ1v) is 6.41. The molecule has 1 saturated carbocycles. The highest BCUT2D eigenvalue weighted by atomic mass is 16.5. The molecule has 0 atom stereocenters. The van der Waals surface area contributed by atoms with Gasteiger partial charge in [0.25, 0.3) is 0 Å². The number of anilines is 1. The summed E-state index contributed by atoms with van der Waals surface area (Å²) in [5.74, 6) is 1.43. The minimum Gasteiger partial charge on any atom is -0.493 e. The van der Waals surface area contributed by atoms with Crippen LogP contribution in [0.5, 0.6) is 17.2 Å². The summed E-state index contributed by atoms with van der Waals surface area (Å²) in [6, 6.07) is 3.40. The second-order valence-electron chi connectivity index (χ2n) is 4.85. The Labute approximate surface area is 118 Å². The van der Waals surface area contributed by atoms with Crippen molar-refractivity contribution in [3.8, 4) is 17.2 Å². The first-order chi connectivity index (χ1) is 9.60. The fourth-order valence-corrected chi connectivity index (χ4v) is 2.09. The van der Waals surface area contributed by atoms with Gasteiger partial charge in [-0.1, -0.05) is 0 Å². The summed E-state index contributed by atoms with van der Waals surface area (Å²) < 4.78 is 15.7. The molecule has 1 aromatic rings. The molecule has 0 heterocycles. The van der Waals surface area contributed by atoms with E-state index < -0.39 is 5.41 Å². The van der Waals surface area contributed by atoms with Crippen molar-refractivity contribution in [3.63, 3.8) is 0 Å². The Bertz CT molecular complexity index is 487. The predicted molar refractivity (Wildman–Crippen MR) is 75.4 cm³/mol. The molecule has 1 aliphatic carbocycles. The van der Waals surface area contributed by atoms with Crippen LogP contribution in [0.2, 0.25) is 0 Å². The quantitative estimate of drug-likeness (QED) is 0.822. The van der Waals surface area contributed by atoms with Crippen LogP contribution < -0.4 is 25.3 Å². The molecule has 1 aliphatic rings. The molecule has 0 saturated heterocycles. The van der Waals surface area contributed by atoms with E-state index in [9.17, 15) is 4.79 Å². The van der Waals surface area contributed by atoms with Gasteiger partial charge in [0, 0.05) is 24.4 Å². The molecule has 0 spiro atoms. The molecule has 0 unspecified atom stereocenters. The number of rotatable bonds is 6. The van der Waals surface area contributed by atoms with E-state index in [1.807, 2.05) is 0 Å². The van der Waals surface area contributed by atoms with Crippen molar-refractivity contribution in [2.24, 2.45) is 11.1 Å². The fourth-order valence-electron chi connectivity index (χ4n) is 2.09. The van der Waals surface area contributed by atoms with E-state index in [-0.39, 0.29) is 5.91 Å². The lowest BCUT2D eigenvalue weighted by atomic mass is 10.1. The lowest BCUT2D eigenvalue weighted by Crippen LogP contribution is -2.30. The van der Waals surface area contributed by atoms with Gasteiger partial charge in [0.05, 0.1) is 26.7 Å². The molecule has 110 valence electrons. The fraction of sp³-hybridized carbons (Fsp3) is 0.500. The van der Waals surface area contributed by atoms with Gasteiger partial charge in [0.2, 0.25) is 11.7 Å². The molecule has 0 radical (unpaired) electrons. The molecule has 0 aromatic heterocycles. The molecule has 1 amide bonds. The highest BCUT2D eigenvalue weighted by Gasteiger charge is 2.48. The minimum absolute atomic E-state index is 0.0609. The van der Waals surface area contributed by atoms with Gasteiger partial charge in [-0.3, -0.25) is 4.79 Å². The summed E-state index contributed by atoms with van der Waals surface area (Å²) in [6.07, 6.45) is 1.67. The van der Waals surface area contributed by atoms with E-state index in [2.05, 4.69) is 5.32 Å². The molecule has 3 N–H and O–H groups in total. The summed E-state index contributed by atoms with van der Waals surface area (Å²) in [5, 5.41) is 2.86. The van der Waals surface area contributed by atoms with Crippen LogP contribution in [-0.2, 0) is 4.79 Å². The predicted octanol–water partition coefficient (Wildman–Crippen LogP) is 1.39. The highest BCUT2D eigenvalue weighted by Crippen LogP contribution is 2.46. The van der Waals surface area contributed by atoms with Crippen molar-refractivity contribution in [2.75, 3.05) is 33.2 Å². The first kappa shape index (κ1) is 14.5. The van der Waals surface area contributed by atoms with Gasteiger partial charge in [0.15, 0.2) is 11.5 Å². The van der Waals surface area contributed by atoms with Crippen LogP contribution in [0.1, 0.15) is 12.8 Å². The van der Waals surface area contributed by atoms with E-state index in [4.69, 9.17) is 19.9 Å². The van der Waals surface area contributed by atoms with Gasteiger partial charge < -0.3 is 25.3 Å². The zero-order valence-corrected chi connectivity index (χ0v) is 12.0. The summed E-state index contributed by atoms with van der Waals surface area (Å²) in [5.41, 5.74) is 5.85. The van der Waals surface area contributed by atoms with E-state index in [0.29, 0.717) is 29.5 Å². The Kier molecular flexibility index (Phi) is 4.04. The number of nitrogens with two attached hydrogens (primary N) is 1. The minimum atomic E-state index is -0.402. The van der Waals surface area contributed by atoms with Gasteiger partial charge >= 0.3 is 0 Å². The van der Waals surface area contributed by atoms with Gasteiger partial charge in [-0.05, 0) is 12.8 Å². The molecular weight excluding hydrogens is 260 g/mol. The number of nitrogens with one attached hydrogen (secondary N) is 1. The first-order valence-electron chi connectivity index (χ1n) is 6.41. The molecule has 0 aliphatic heterocycles. The molecule has 0 bridgehead atoms. The third kappa shape index (κ3) is 2.51. The molecule has 2 rings (SSSR count). The molecule has 20 heavy (non-hydrogen) atoms. The van der Waals surface area contributed by atoms with Crippen molar-refractivity contribution < 1.29 is 19.0 Å². The van der Waals surface area contributed by atoms with Crippen molar-refractivity contribution in [1.82, 2.24) is 0 Å². The third-order valence-corrected chi connectivity index (χ3v) is 3.65. The zero-order valence-electron chi connectivity index (χ0n) is 12.0. The Balaban J connectivity index is 2.26. The number of hydrogen-bond acceptors (Lipinski definition) is 5. The number of carbonyl (C=O) groups excluding carboxylic acids is 1. The Morgan fingerprint density at radius 3 is 2.10 bits per heavy atom. The van der Waals surface area contributed by atoms with Gasteiger partial charge in [-0.2, -0.15) is 0 Å². The van der Waals surface area contributed by atoms with Crippen LogP contribution in [0.15, 0.2) is 12.1 Å². The van der Waals surface area contributed by atoms with E-state index in [1.165, 1.54) is 21.3 Å². The molecule has 6 heteroatoms. The van der Waals surface area contributed by atoms with Crippen LogP contribution in [0.4, 0.5) is 5.69 Å². The van der Waals surface area contributed by atoms with Crippen LogP contribution in [0.3, 0.4) is 0 Å². The number of carbonyl (C=O) groups is 1. The SMILES string of the molecule is COc1cc(NC(=O)C2(CN)CC2)cc(OC)c1OC. The van der Waals surface area contributed by atoms with Gasteiger partial charge in [-0.15, -0.1) is 0 Å². The maximum atomic E-state index is 12.2. The van der Waals surface area contributed by atoms with Crippen LogP contribution in [0, 0.1) is 5.41 Å². The zero-order chi connectivity index (χ0) is 14.8. The number of amides is 1. The largest absolute Gasteiger partial charge is 0.493 e. The number of benzene rings is 1. The Morgan fingerprint density at radius 2 is 1.75 bits per heavy atom. The normalized spacial score (nSPS) is 15.4. The topological polar surface area (TPSA) is 82.8 Å². The maximum absolute atomic E-state index is 12.2. The second-order valence-corrected chi connectivity index (χ2v) is 4.85. The summed E-state index contributed by atoms with van der Waals surface area (Å²) in [4.78, 5) is 12.2. The molecule has 1 aromatic carbocycles. The lowest BCUT2D eigenvalue weighted by molar-refractivity contribution is -0.120. The van der Waals surface area contributed by atoms with Crippen molar-refractivity contribution in [2.45, 2.75) is 12.8 Å². The van der Waals surface area contributed by atoms with Crippen molar-refractivity contribution in [3.05, 3.63) is 12.1 Å². The number of hydrogen-bond donors (Lipinski definition) is 2. The molecule has 1 fully saturated rings. The van der Waals surface area contributed by atoms with Crippen LogP contribution in [0.25, 0.3) is 0 Å². The standard InChI is InChI=1S/C14H20N2O4/c1-18-10-6-9(7-11(19-2)12(10)20-3)16-13(17)14(8-15)4-5-14/h6-7H,4-5,8,15H2,1-3H3,(H,16,17). The Morgan fingerprint density at radius 1 is 1.20 bits per heavy atom. The van der Waals surface area contributed by atoms with Crippen molar-refractivity contribution in [1.29, 1.82) is 0 Å². The summed E-state index contributed by atoms with van der Waals surface area (Å²) in [6.45, 7) is 0.364. The Hall–Kier alpha value is -1.95. The lowest BCUT2D eigenvalue weighted by Gasteiger charge is -2.16. The van der Waals surface area contributed by atoms with E-state index >= 15 is 0 Å².